The van der Waals surface area contributed by atoms with Crippen LogP contribution < -0.4 is 17.2 Å². The van der Waals surface area contributed by atoms with E-state index in [9.17, 15) is 14.4 Å². The van der Waals surface area contributed by atoms with E-state index in [2.05, 4.69) is 0 Å². The summed E-state index contributed by atoms with van der Waals surface area (Å²) in [5, 5.41) is 0. The van der Waals surface area contributed by atoms with Crippen molar-refractivity contribution in [2.45, 2.75) is 32.2 Å². The third kappa shape index (κ3) is 2.05. The molecule has 1 aromatic heterocycles. The largest absolute Gasteiger partial charge is 0.445 e. The SMILES string of the molecule is CO[C@H]1c2c(COC(N)=O)c3c(n2C[C@@H]1N)C(=O)C(C)=C(N)C3=O. The number of hydrogen-bond acceptors (Lipinski definition) is 7. The van der Waals surface area contributed by atoms with Crippen LogP contribution in [0, 0.1) is 0 Å². The second-order valence-corrected chi connectivity index (χ2v) is 5.82. The zero-order valence-electron chi connectivity index (χ0n) is 13.3. The van der Waals surface area contributed by atoms with E-state index in [1.165, 1.54) is 14.0 Å². The smallest absolute Gasteiger partial charge is 0.404 e. The molecule has 9 heteroatoms. The molecule has 0 radical (unpaired) electrons. The summed E-state index contributed by atoms with van der Waals surface area (Å²) in [6.45, 7) is 1.54. The molecule has 0 unspecified atom stereocenters. The Hall–Kier alpha value is -2.65. The first-order valence-corrected chi connectivity index (χ1v) is 7.31. The molecule has 0 fully saturated rings. The fourth-order valence-corrected chi connectivity index (χ4v) is 3.37. The molecule has 2 heterocycles. The van der Waals surface area contributed by atoms with Gasteiger partial charge in [0.05, 0.1) is 23.0 Å². The molecule has 6 N–H and O–H groups in total. The number of carbonyl (C=O) groups excluding carboxylic acids is 3. The molecule has 0 spiro atoms. The Morgan fingerprint density at radius 1 is 1.33 bits per heavy atom. The maximum absolute atomic E-state index is 12.7. The molecule has 1 aliphatic carbocycles. The first kappa shape index (κ1) is 16.2. The van der Waals surface area contributed by atoms with Crippen molar-refractivity contribution >= 4 is 17.7 Å². The molecule has 2 atom stereocenters. The minimum Gasteiger partial charge on any atom is -0.445 e. The number of aromatic nitrogens is 1. The third-order valence-electron chi connectivity index (χ3n) is 4.50. The zero-order chi connectivity index (χ0) is 17.8. The quantitative estimate of drug-likeness (QED) is 0.687. The van der Waals surface area contributed by atoms with E-state index in [0.717, 1.165) is 0 Å². The molecule has 0 saturated carbocycles. The van der Waals surface area contributed by atoms with Crippen molar-refractivity contribution in [3.05, 3.63) is 33.8 Å². The number of Topliss-reactive ketones (excluding diaryl/α,β-unsaturated/α-hetero) is 2. The van der Waals surface area contributed by atoms with Crippen molar-refractivity contribution in [1.82, 2.24) is 4.57 Å². The van der Waals surface area contributed by atoms with Crippen molar-refractivity contribution in [2.75, 3.05) is 7.11 Å². The Balaban J connectivity index is 2.25. The second kappa shape index (κ2) is 5.46. The number of ketones is 2. The average molecular weight is 334 g/mol. The van der Waals surface area contributed by atoms with Crippen molar-refractivity contribution in [3.63, 3.8) is 0 Å². The number of carbonyl (C=O) groups is 3. The Morgan fingerprint density at radius 2 is 2.00 bits per heavy atom. The van der Waals surface area contributed by atoms with E-state index in [4.69, 9.17) is 26.7 Å². The van der Waals surface area contributed by atoms with E-state index in [0.29, 0.717) is 17.8 Å². The second-order valence-electron chi connectivity index (χ2n) is 5.82. The first-order valence-electron chi connectivity index (χ1n) is 7.31. The number of nitrogens with two attached hydrogens (primary N) is 3. The number of rotatable bonds is 3. The Bertz CT molecular complexity index is 807. The Kier molecular flexibility index (Phi) is 3.69. The van der Waals surface area contributed by atoms with E-state index in [-0.39, 0.29) is 34.9 Å². The van der Waals surface area contributed by atoms with Crippen LogP contribution in [0.3, 0.4) is 0 Å². The first-order chi connectivity index (χ1) is 11.3. The number of hydrogen-bond donors (Lipinski definition) is 3. The van der Waals surface area contributed by atoms with Crippen LogP contribution in [0.4, 0.5) is 4.79 Å². The highest BCUT2D eigenvalue weighted by atomic mass is 16.5. The normalized spacial score (nSPS) is 22.6. The van der Waals surface area contributed by atoms with Gasteiger partial charge in [0.2, 0.25) is 11.6 Å². The summed E-state index contributed by atoms with van der Waals surface area (Å²) in [5.74, 6) is -0.826. The van der Waals surface area contributed by atoms with Gasteiger partial charge in [-0.1, -0.05) is 0 Å². The molecule has 2 aliphatic rings. The maximum atomic E-state index is 12.7. The molecule has 1 aliphatic heterocycles. The van der Waals surface area contributed by atoms with Gasteiger partial charge >= 0.3 is 6.09 Å². The summed E-state index contributed by atoms with van der Waals surface area (Å²) in [6.07, 6.45) is -1.53. The van der Waals surface area contributed by atoms with Gasteiger partial charge in [0.15, 0.2) is 0 Å². The van der Waals surface area contributed by atoms with Crippen LogP contribution in [0.25, 0.3) is 0 Å². The van der Waals surface area contributed by atoms with Gasteiger partial charge in [0.1, 0.15) is 18.4 Å². The summed E-state index contributed by atoms with van der Waals surface area (Å²) >= 11 is 0. The van der Waals surface area contributed by atoms with Gasteiger partial charge in [0, 0.05) is 24.8 Å². The van der Waals surface area contributed by atoms with Crippen LogP contribution in [-0.2, 0) is 22.6 Å². The fraction of sp³-hybridized carbons (Fsp3) is 0.400. The number of amides is 1. The number of ether oxygens (including phenoxy) is 2. The average Bonchev–Trinajstić information content (AvgIpc) is 3.01. The molecule has 0 bridgehead atoms. The van der Waals surface area contributed by atoms with Crippen molar-refractivity contribution in [2.24, 2.45) is 17.2 Å². The van der Waals surface area contributed by atoms with Gasteiger partial charge in [-0.25, -0.2) is 4.79 Å². The van der Waals surface area contributed by atoms with Gasteiger partial charge in [0.25, 0.3) is 0 Å². The molecule has 128 valence electrons. The number of methoxy groups -OCH3 is 1. The van der Waals surface area contributed by atoms with E-state index in [1.807, 2.05) is 0 Å². The number of allylic oxidation sites excluding steroid dienone is 2. The van der Waals surface area contributed by atoms with E-state index < -0.39 is 24.0 Å². The molecule has 24 heavy (non-hydrogen) atoms. The van der Waals surface area contributed by atoms with Crippen molar-refractivity contribution < 1.29 is 23.9 Å². The van der Waals surface area contributed by atoms with Crippen LogP contribution >= 0.6 is 0 Å². The summed E-state index contributed by atoms with van der Waals surface area (Å²) < 4.78 is 11.9. The fourth-order valence-electron chi connectivity index (χ4n) is 3.37. The van der Waals surface area contributed by atoms with Crippen LogP contribution in [-0.4, -0.2) is 35.4 Å². The highest BCUT2D eigenvalue weighted by molar-refractivity contribution is 6.26. The summed E-state index contributed by atoms with van der Waals surface area (Å²) in [5.41, 5.74) is 18.2. The monoisotopic (exact) mass is 334 g/mol. The highest BCUT2D eigenvalue weighted by Crippen LogP contribution is 2.40. The van der Waals surface area contributed by atoms with Crippen LogP contribution in [0.1, 0.15) is 45.1 Å². The van der Waals surface area contributed by atoms with Crippen molar-refractivity contribution in [3.8, 4) is 0 Å². The van der Waals surface area contributed by atoms with Gasteiger partial charge in [-0.3, -0.25) is 9.59 Å². The third-order valence-corrected chi connectivity index (χ3v) is 4.50. The minimum atomic E-state index is -0.991. The highest BCUT2D eigenvalue weighted by Gasteiger charge is 2.44. The van der Waals surface area contributed by atoms with E-state index >= 15 is 0 Å². The van der Waals surface area contributed by atoms with Crippen LogP contribution in [0.5, 0.6) is 0 Å². The lowest BCUT2D eigenvalue weighted by Crippen LogP contribution is -2.31. The van der Waals surface area contributed by atoms with Gasteiger partial charge in [-0.05, 0) is 6.92 Å². The molecule has 1 amide bonds. The summed E-state index contributed by atoms with van der Waals surface area (Å²) in [4.78, 5) is 36.3. The lowest BCUT2D eigenvalue weighted by Gasteiger charge is -2.18. The van der Waals surface area contributed by atoms with Gasteiger partial charge in [-0.2, -0.15) is 0 Å². The molecular formula is C15H18N4O5. The zero-order valence-corrected chi connectivity index (χ0v) is 13.3. The van der Waals surface area contributed by atoms with Gasteiger partial charge in [-0.15, -0.1) is 0 Å². The lowest BCUT2D eigenvalue weighted by molar-refractivity contribution is 0.0872. The van der Waals surface area contributed by atoms with Gasteiger partial charge < -0.3 is 31.2 Å². The predicted molar refractivity (Wildman–Crippen MR) is 82.1 cm³/mol. The Labute approximate surface area is 137 Å². The summed E-state index contributed by atoms with van der Waals surface area (Å²) in [7, 11) is 1.48. The molecule has 9 nitrogen and oxygen atoms in total. The molecular weight excluding hydrogens is 316 g/mol. The topological polar surface area (TPSA) is 153 Å². The minimum absolute atomic E-state index is 0.115. The molecule has 3 rings (SSSR count). The number of fused-ring (bicyclic) bond motifs is 3. The summed E-state index contributed by atoms with van der Waals surface area (Å²) in [6, 6.07) is -0.394. The molecule has 0 aromatic carbocycles. The number of primary amides is 1. The molecule has 1 aromatic rings. The standard InChI is InChI=1S/C15H18N4O5/c1-5-9(17)13(21)8-6(4-24-15(18)22)10-14(23-2)7(16)3-19(10)11(8)12(5)20/h7,14H,3-4,16-17H2,1-2H3,(H2,18,22)/t7-,14+/m0/s1. The van der Waals surface area contributed by atoms with Crippen molar-refractivity contribution in [1.29, 1.82) is 0 Å². The number of nitrogens with zero attached hydrogens (tertiary/aromatic N) is 1. The lowest BCUT2D eigenvalue weighted by atomic mass is 9.89. The molecule has 0 saturated heterocycles. The Morgan fingerprint density at radius 3 is 2.58 bits per heavy atom. The predicted octanol–water partition coefficient (Wildman–Crippen LogP) is -0.276. The van der Waals surface area contributed by atoms with Crippen LogP contribution in [0.15, 0.2) is 11.3 Å². The maximum Gasteiger partial charge on any atom is 0.404 e. The van der Waals surface area contributed by atoms with Crippen LogP contribution in [0.2, 0.25) is 0 Å². The van der Waals surface area contributed by atoms with E-state index in [1.54, 1.807) is 4.57 Å².